The van der Waals surface area contributed by atoms with Gasteiger partial charge in [0.25, 0.3) is 0 Å². The van der Waals surface area contributed by atoms with Crippen molar-refractivity contribution in [3.05, 3.63) is 24.0 Å². The number of Topliss-reactive ketones (excluding diaryl/α,β-unsaturated/α-hetero) is 1. The first-order chi connectivity index (χ1) is 16.0. The van der Waals surface area contributed by atoms with E-state index in [0.717, 1.165) is 24.9 Å². The van der Waals surface area contributed by atoms with E-state index in [1.54, 1.807) is 39.0 Å². The lowest BCUT2D eigenvalue weighted by Gasteiger charge is -2.26. The number of morpholine rings is 1. The van der Waals surface area contributed by atoms with Gasteiger partial charge in [-0.2, -0.15) is 4.31 Å². The van der Waals surface area contributed by atoms with Gasteiger partial charge in [0.15, 0.2) is 12.4 Å². The molecule has 0 aliphatic carbocycles. The summed E-state index contributed by atoms with van der Waals surface area (Å²) in [5, 5.41) is 0. The number of carbonyl (C=O) groups excluding carboxylic acids is 2. The topological polar surface area (TPSA) is 108 Å². The molecule has 2 aromatic rings. The number of hydrogen-bond acceptors (Lipinski definition) is 7. The van der Waals surface area contributed by atoms with Crippen LogP contribution < -0.4 is 0 Å². The summed E-state index contributed by atoms with van der Waals surface area (Å²) in [5.41, 5.74) is 0.852. The maximum absolute atomic E-state index is 13.1. The minimum absolute atomic E-state index is 0.0891. The molecule has 0 unspecified atom stereocenters. The Kier molecular flexibility index (Phi) is 8.48. The van der Waals surface area contributed by atoms with Crippen LogP contribution in [-0.4, -0.2) is 66.9 Å². The normalized spacial score (nSPS) is 15.5. The number of hydrogen-bond donors (Lipinski definition) is 0. The predicted octanol–water partition coefficient (Wildman–Crippen LogP) is 2.95. The number of ketones is 1. The van der Waals surface area contributed by atoms with Crippen LogP contribution in [0, 0.1) is 5.41 Å². The molecule has 9 nitrogen and oxygen atoms in total. The Balaban J connectivity index is 1.79. The van der Waals surface area contributed by atoms with Crippen LogP contribution in [0.2, 0.25) is 0 Å². The molecule has 0 amide bonds. The summed E-state index contributed by atoms with van der Waals surface area (Å²) in [7, 11) is -3.63. The third kappa shape index (κ3) is 6.22. The van der Waals surface area contributed by atoms with Gasteiger partial charge in [-0.15, -0.1) is 0 Å². The molecular weight excluding hydrogens is 458 g/mol. The zero-order valence-corrected chi connectivity index (χ0v) is 21.3. The van der Waals surface area contributed by atoms with Crippen LogP contribution in [0.15, 0.2) is 23.1 Å². The largest absolute Gasteiger partial charge is 0.458 e. The maximum atomic E-state index is 13.1. The van der Waals surface area contributed by atoms with Crippen molar-refractivity contribution in [1.82, 2.24) is 13.9 Å². The number of fused-ring (bicyclic) bond motifs is 1. The highest BCUT2D eigenvalue weighted by Gasteiger charge is 2.27. The molecule has 0 saturated carbocycles. The third-order valence-electron chi connectivity index (χ3n) is 5.90. The minimum Gasteiger partial charge on any atom is -0.458 e. The molecule has 1 saturated heterocycles. The van der Waals surface area contributed by atoms with E-state index in [2.05, 4.69) is 11.9 Å². The van der Waals surface area contributed by atoms with Crippen molar-refractivity contribution in [1.29, 1.82) is 0 Å². The van der Waals surface area contributed by atoms with Crippen LogP contribution in [0.5, 0.6) is 0 Å². The quantitative estimate of drug-likeness (QED) is 0.468. The van der Waals surface area contributed by atoms with E-state index >= 15 is 0 Å². The van der Waals surface area contributed by atoms with Crippen LogP contribution in [0.3, 0.4) is 0 Å². The van der Waals surface area contributed by atoms with Gasteiger partial charge in [0.2, 0.25) is 10.0 Å². The highest BCUT2D eigenvalue weighted by molar-refractivity contribution is 7.89. The lowest BCUT2D eigenvalue weighted by Crippen LogP contribution is -2.40. The second kappa shape index (κ2) is 11.0. The molecule has 1 aromatic carbocycles. The van der Waals surface area contributed by atoms with E-state index in [1.165, 1.54) is 4.31 Å². The SMILES string of the molecule is CCCCn1c(CCC(=O)OCC(=O)C(C)(C)C)nc2cc(S(=O)(=O)N3CCOCC3)ccc21. The van der Waals surface area contributed by atoms with E-state index in [1.807, 2.05) is 4.57 Å². The van der Waals surface area contributed by atoms with Gasteiger partial charge < -0.3 is 14.0 Å². The number of imidazole rings is 1. The molecule has 1 aromatic heterocycles. The monoisotopic (exact) mass is 493 g/mol. The molecule has 10 heteroatoms. The Morgan fingerprint density at radius 3 is 2.53 bits per heavy atom. The van der Waals surface area contributed by atoms with E-state index < -0.39 is 21.4 Å². The average molecular weight is 494 g/mol. The summed E-state index contributed by atoms with van der Waals surface area (Å²) in [6.07, 6.45) is 2.34. The molecule has 0 spiro atoms. The van der Waals surface area contributed by atoms with Gasteiger partial charge >= 0.3 is 5.97 Å². The fourth-order valence-corrected chi connectivity index (χ4v) is 5.09. The molecule has 0 N–H and O–H groups in total. The molecule has 1 fully saturated rings. The van der Waals surface area contributed by atoms with Gasteiger partial charge in [-0.25, -0.2) is 13.4 Å². The van der Waals surface area contributed by atoms with Gasteiger partial charge in [-0.05, 0) is 24.6 Å². The van der Waals surface area contributed by atoms with Crippen molar-refractivity contribution in [3.63, 3.8) is 0 Å². The van der Waals surface area contributed by atoms with Crippen molar-refractivity contribution < 1.29 is 27.5 Å². The average Bonchev–Trinajstić information content (AvgIpc) is 3.16. The maximum Gasteiger partial charge on any atom is 0.306 e. The fourth-order valence-electron chi connectivity index (χ4n) is 3.66. The molecule has 1 aliphatic heterocycles. The fraction of sp³-hybridized carbons (Fsp3) is 0.625. The van der Waals surface area contributed by atoms with Crippen molar-refractivity contribution >= 4 is 32.8 Å². The molecule has 2 heterocycles. The summed E-state index contributed by atoms with van der Waals surface area (Å²) in [5.74, 6) is 0.107. The zero-order chi connectivity index (χ0) is 24.9. The van der Waals surface area contributed by atoms with Crippen molar-refractivity contribution in [3.8, 4) is 0 Å². The second-order valence-electron chi connectivity index (χ2n) is 9.53. The van der Waals surface area contributed by atoms with Crippen molar-refractivity contribution in [2.75, 3.05) is 32.9 Å². The van der Waals surface area contributed by atoms with Crippen LogP contribution in [0.25, 0.3) is 11.0 Å². The van der Waals surface area contributed by atoms with Gasteiger partial charge in [-0.3, -0.25) is 9.59 Å². The Bertz CT molecular complexity index is 1130. The lowest BCUT2D eigenvalue weighted by atomic mass is 9.91. The smallest absolute Gasteiger partial charge is 0.306 e. The number of unbranched alkanes of at least 4 members (excludes halogenated alkanes) is 1. The van der Waals surface area contributed by atoms with Gasteiger partial charge in [-0.1, -0.05) is 34.1 Å². The predicted molar refractivity (Wildman–Crippen MR) is 128 cm³/mol. The van der Waals surface area contributed by atoms with Crippen molar-refractivity contribution in [2.24, 2.45) is 5.41 Å². The summed E-state index contributed by atoms with van der Waals surface area (Å²) >= 11 is 0. The summed E-state index contributed by atoms with van der Waals surface area (Å²) in [4.78, 5) is 29.1. The highest BCUT2D eigenvalue weighted by atomic mass is 32.2. The number of aryl methyl sites for hydroxylation is 2. The van der Waals surface area contributed by atoms with E-state index in [-0.39, 0.29) is 23.7 Å². The number of carbonyl (C=O) groups is 2. The summed E-state index contributed by atoms with van der Waals surface area (Å²) in [6, 6.07) is 5.01. The Labute approximate surface area is 201 Å². The number of esters is 1. The van der Waals surface area contributed by atoms with E-state index in [9.17, 15) is 18.0 Å². The van der Waals surface area contributed by atoms with Crippen molar-refractivity contribution in [2.45, 2.75) is 64.8 Å². The molecular formula is C24H35N3O6S. The minimum atomic E-state index is -3.63. The highest BCUT2D eigenvalue weighted by Crippen LogP contribution is 2.25. The molecule has 188 valence electrons. The first-order valence-electron chi connectivity index (χ1n) is 11.8. The first kappa shape index (κ1) is 26.3. The number of rotatable bonds is 10. The van der Waals surface area contributed by atoms with Gasteiger partial charge in [0.05, 0.1) is 35.6 Å². The molecule has 1 aliphatic rings. The lowest BCUT2D eigenvalue weighted by molar-refractivity contribution is -0.150. The Hall–Kier alpha value is -2.30. The van der Waals surface area contributed by atoms with E-state index in [0.29, 0.717) is 44.1 Å². The molecule has 34 heavy (non-hydrogen) atoms. The van der Waals surface area contributed by atoms with E-state index in [4.69, 9.17) is 9.47 Å². The van der Waals surface area contributed by atoms with Gasteiger partial charge in [0.1, 0.15) is 5.82 Å². The summed E-state index contributed by atoms with van der Waals surface area (Å²) in [6.45, 7) is 9.35. The number of ether oxygens (including phenoxy) is 2. The number of nitrogens with zero attached hydrogens (tertiary/aromatic N) is 3. The molecule has 3 rings (SSSR count). The molecule has 0 radical (unpaired) electrons. The van der Waals surface area contributed by atoms with Crippen LogP contribution >= 0.6 is 0 Å². The molecule has 0 bridgehead atoms. The second-order valence-corrected chi connectivity index (χ2v) is 11.5. The number of benzene rings is 1. The summed E-state index contributed by atoms with van der Waals surface area (Å²) < 4.78 is 40.0. The number of aromatic nitrogens is 2. The van der Waals surface area contributed by atoms with Gasteiger partial charge in [0, 0.05) is 31.5 Å². The third-order valence-corrected chi connectivity index (χ3v) is 7.79. The number of sulfonamides is 1. The zero-order valence-electron chi connectivity index (χ0n) is 20.5. The first-order valence-corrected chi connectivity index (χ1v) is 13.2. The Morgan fingerprint density at radius 2 is 1.88 bits per heavy atom. The van der Waals surface area contributed by atoms with Crippen LogP contribution in [0.4, 0.5) is 0 Å². The van der Waals surface area contributed by atoms with Crippen LogP contribution in [0.1, 0.15) is 52.8 Å². The van der Waals surface area contributed by atoms with Crippen LogP contribution in [-0.2, 0) is 42.1 Å². The molecule has 0 atom stereocenters. The standard InChI is InChI=1S/C24H35N3O6S/c1-5-6-11-27-20-8-7-18(34(30,31)26-12-14-32-15-13-26)16-19(20)25-22(27)9-10-23(29)33-17-21(28)24(2,3)4/h7-8,16H,5-6,9-15,17H2,1-4H3. The Morgan fingerprint density at radius 1 is 1.18 bits per heavy atom.